The molecular formula is C20H18N2O4. The smallest absolute Gasteiger partial charge is 0.264 e. The number of carbonyl (C=O) groups excluding carboxylic acids is 1. The highest BCUT2D eigenvalue weighted by Gasteiger charge is 2.24. The summed E-state index contributed by atoms with van der Waals surface area (Å²) in [6.45, 7) is 2.32. The zero-order valence-corrected chi connectivity index (χ0v) is 14.3. The highest BCUT2D eigenvalue weighted by Crippen LogP contribution is 2.17. The van der Waals surface area contributed by atoms with Gasteiger partial charge in [-0.1, -0.05) is 0 Å². The van der Waals surface area contributed by atoms with Crippen LogP contribution < -0.4 is 4.74 Å². The molecule has 3 rings (SSSR count). The molecule has 0 N–H and O–H groups in total. The molecule has 0 bridgehead atoms. The van der Waals surface area contributed by atoms with Crippen molar-refractivity contribution in [1.29, 1.82) is 5.26 Å². The molecule has 1 unspecified atom stereocenters. The van der Waals surface area contributed by atoms with E-state index in [1.54, 1.807) is 60.7 Å². The molecule has 0 spiro atoms. The minimum absolute atomic E-state index is 0.192. The molecule has 1 atom stereocenters. The molecule has 1 aromatic carbocycles. The zero-order valence-electron chi connectivity index (χ0n) is 14.3. The number of rotatable bonds is 7. The van der Waals surface area contributed by atoms with E-state index in [4.69, 9.17) is 18.8 Å². The lowest BCUT2D eigenvalue weighted by Gasteiger charge is -2.24. The Balaban J connectivity index is 1.71. The largest absolute Gasteiger partial charge is 0.481 e. The summed E-state index contributed by atoms with van der Waals surface area (Å²) in [5.41, 5.74) is 0.536. The van der Waals surface area contributed by atoms with Gasteiger partial charge in [0.1, 0.15) is 17.3 Å². The molecule has 0 aliphatic rings. The van der Waals surface area contributed by atoms with E-state index in [2.05, 4.69) is 0 Å². The standard InChI is InChI=1S/C20H18N2O4/c1-15(26-17-8-6-16(12-21)7-9-17)20(23)22(13-18-4-2-10-24-18)14-19-5-3-11-25-19/h2-11,15H,13-14H2,1H3. The Bertz CT molecular complexity index is 825. The van der Waals surface area contributed by atoms with Crippen LogP contribution >= 0.6 is 0 Å². The third-order valence-electron chi connectivity index (χ3n) is 3.81. The van der Waals surface area contributed by atoms with Gasteiger partial charge in [-0.05, 0) is 55.5 Å². The topological polar surface area (TPSA) is 79.6 Å². The van der Waals surface area contributed by atoms with Crippen molar-refractivity contribution in [2.45, 2.75) is 26.1 Å². The van der Waals surface area contributed by atoms with Gasteiger partial charge in [-0.25, -0.2) is 0 Å². The van der Waals surface area contributed by atoms with Crippen molar-refractivity contribution in [3.8, 4) is 11.8 Å². The van der Waals surface area contributed by atoms with E-state index in [0.717, 1.165) is 0 Å². The van der Waals surface area contributed by atoms with E-state index in [1.807, 2.05) is 18.2 Å². The minimum atomic E-state index is -0.701. The summed E-state index contributed by atoms with van der Waals surface area (Å²) in [6.07, 6.45) is 2.44. The van der Waals surface area contributed by atoms with E-state index in [1.165, 1.54) is 0 Å². The Kier molecular flexibility index (Phi) is 5.40. The number of hydrogen-bond donors (Lipinski definition) is 0. The maximum absolute atomic E-state index is 12.9. The molecule has 26 heavy (non-hydrogen) atoms. The molecule has 0 fully saturated rings. The fourth-order valence-electron chi connectivity index (χ4n) is 2.51. The Hall–Kier alpha value is -3.46. The molecule has 0 saturated carbocycles. The number of benzene rings is 1. The average molecular weight is 350 g/mol. The number of carbonyl (C=O) groups is 1. The highest BCUT2D eigenvalue weighted by molar-refractivity contribution is 5.80. The van der Waals surface area contributed by atoms with Crippen LogP contribution in [0.4, 0.5) is 0 Å². The van der Waals surface area contributed by atoms with Crippen molar-refractivity contribution in [3.05, 3.63) is 78.1 Å². The van der Waals surface area contributed by atoms with E-state index >= 15 is 0 Å². The molecular weight excluding hydrogens is 332 g/mol. The minimum Gasteiger partial charge on any atom is -0.481 e. The first-order valence-corrected chi connectivity index (χ1v) is 8.16. The Morgan fingerprint density at radius 2 is 1.65 bits per heavy atom. The number of hydrogen-bond acceptors (Lipinski definition) is 5. The molecule has 0 aliphatic heterocycles. The maximum atomic E-state index is 12.9. The third-order valence-corrected chi connectivity index (χ3v) is 3.81. The van der Waals surface area contributed by atoms with Gasteiger partial charge in [-0.2, -0.15) is 5.26 Å². The Labute approximate surface area is 151 Å². The van der Waals surface area contributed by atoms with Crippen LogP contribution in [-0.2, 0) is 17.9 Å². The summed E-state index contributed by atoms with van der Waals surface area (Å²) in [6, 6.07) is 15.9. The summed E-state index contributed by atoms with van der Waals surface area (Å²) in [4.78, 5) is 14.5. The highest BCUT2D eigenvalue weighted by atomic mass is 16.5. The van der Waals surface area contributed by atoms with Crippen LogP contribution in [0.5, 0.6) is 5.75 Å². The molecule has 6 heteroatoms. The van der Waals surface area contributed by atoms with Crippen LogP contribution in [0.15, 0.2) is 69.9 Å². The lowest BCUT2D eigenvalue weighted by Crippen LogP contribution is -2.39. The number of nitrogens with zero attached hydrogens (tertiary/aromatic N) is 2. The van der Waals surface area contributed by atoms with E-state index < -0.39 is 6.10 Å². The molecule has 3 aromatic rings. The Morgan fingerprint density at radius 1 is 1.08 bits per heavy atom. The molecule has 1 amide bonds. The van der Waals surface area contributed by atoms with Crippen molar-refractivity contribution in [2.75, 3.05) is 0 Å². The van der Waals surface area contributed by atoms with Gasteiger partial charge >= 0.3 is 0 Å². The lowest BCUT2D eigenvalue weighted by atomic mass is 10.2. The molecule has 0 aliphatic carbocycles. The van der Waals surface area contributed by atoms with E-state index in [9.17, 15) is 4.79 Å². The quantitative estimate of drug-likeness (QED) is 0.648. The summed E-state index contributed by atoms with van der Waals surface area (Å²) in [5.74, 6) is 1.69. The second-order valence-electron chi connectivity index (χ2n) is 5.75. The van der Waals surface area contributed by atoms with Gasteiger partial charge in [0.25, 0.3) is 5.91 Å². The predicted octanol–water partition coefficient (Wildman–Crippen LogP) is 3.74. The number of ether oxygens (including phenoxy) is 1. The SMILES string of the molecule is CC(Oc1ccc(C#N)cc1)C(=O)N(Cc1ccco1)Cc1ccco1. The number of amides is 1. The summed E-state index contributed by atoms with van der Waals surface area (Å²) >= 11 is 0. The van der Waals surface area contributed by atoms with E-state index in [-0.39, 0.29) is 5.91 Å². The summed E-state index contributed by atoms with van der Waals surface area (Å²) in [7, 11) is 0. The molecule has 0 saturated heterocycles. The first kappa shape index (κ1) is 17.4. The van der Waals surface area contributed by atoms with Gasteiger partial charge < -0.3 is 18.5 Å². The Morgan fingerprint density at radius 3 is 2.12 bits per heavy atom. The summed E-state index contributed by atoms with van der Waals surface area (Å²) < 4.78 is 16.5. The van der Waals surface area contributed by atoms with Gasteiger partial charge in [-0.3, -0.25) is 4.79 Å². The van der Waals surface area contributed by atoms with Crippen molar-refractivity contribution in [1.82, 2.24) is 4.90 Å². The van der Waals surface area contributed by atoms with Gasteiger partial charge in [0.2, 0.25) is 0 Å². The molecule has 2 heterocycles. The second kappa shape index (κ2) is 8.08. The van der Waals surface area contributed by atoms with Crippen molar-refractivity contribution < 1.29 is 18.4 Å². The van der Waals surface area contributed by atoms with Crippen molar-refractivity contribution in [3.63, 3.8) is 0 Å². The molecule has 6 nitrogen and oxygen atoms in total. The fourth-order valence-corrected chi connectivity index (χ4v) is 2.51. The van der Waals surface area contributed by atoms with Gasteiger partial charge in [0.15, 0.2) is 6.10 Å². The van der Waals surface area contributed by atoms with Crippen LogP contribution in [0.2, 0.25) is 0 Å². The lowest BCUT2D eigenvalue weighted by molar-refractivity contribution is -0.139. The fraction of sp³-hybridized carbons (Fsp3) is 0.200. The van der Waals surface area contributed by atoms with Crippen LogP contribution in [0.3, 0.4) is 0 Å². The second-order valence-corrected chi connectivity index (χ2v) is 5.75. The third kappa shape index (κ3) is 4.33. The van der Waals surface area contributed by atoms with Gasteiger partial charge in [0, 0.05) is 0 Å². The summed E-state index contributed by atoms with van der Waals surface area (Å²) in [5, 5.41) is 8.85. The molecule has 132 valence electrons. The normalized spacial score (nSPS) is 11.5. The van der Waals surface area contributed by atoms with Crippen LogP contribution in [0, 0.1) is 11.3 Å². The van der Waals surface area contributed by atoms with Crippen LogP contribution in [-0.4, -0.2) is 16.9 Å². The maximum Gasteiger partial charge on any atom is 0.264 e. The van der Waals surface area contributed by atoms with E-state index in [0.29, 0.717) is 35.9 Å². The number of furan rings is 2. The predicted molar refractivity (Wildman–Crippen MR) is 92.9 cm³/mol. The van der Waals surface area contributed by atoms with Crippen LogP contribution in [0.1, 0.15) is 24.0 Å². The van der Waals surface area contributed by atoms with Crippen LogP contribution in [0.25, 0.3) is 0 Å². The zero-order chi connectivity index (χ0) is 18.4. The first-order chi connectivity index (χ1) is 12.7. The van der Waals surface area contributed by atoms with Gasteiger partial charge in [-0.15, -0.1) is 0 Å². The molecule has 0 radical (unpaired) electrons. The van der Waals surface area contributed by atoms with Crippen molar-refractivity contribution in [2.24, 2.45) is 0 Å². The average Bonchev–Trinajstić information content (AvgIpc) is 3.35. The van der Waals surface area contributed by atoms with Crippen molar-refractivity contribution >= 4 is 5.91 Å². The molecule has 2 aromatic heterocycles. The monoisotopic (exact) mass is 350 g/mol. The van der Waals surface area contributed by atoms with Gasteiger partial charge in [0.05, 0.1) is 37.2 Å². The number of nitriles is 1. The first-order valence-electron chi connectivity index (χ1n) is 8.16.